The highest BCUT2D eigenvalue weighted by molar-refractivity contribution is 5.98. The largest absolute Gasteiger partial charge is 0.452 e. The van der Waals surface area contributed by atoms with E-state index >= 15 is 0 Å². The maximum Gasteiger partial charge on any atom is 0.338 e. The molecule has 1 N–H and O–H groups in total. The zero-order chi connectivity index (χ0) is 20.4. The van der Waals surface area contributed by atoms with Crippen molar-refractivity contribution in [2.45, 2.75) is 13.8 Å². The lowest BCUT2D eigenvalue weighted by molar-refractivity contribution is -0.119. The number of rotatable bonds is 4. The van der Waals surface area contributed by atoms with Crippen LogP contribution < -0.4 is 5.32 Å². The van der Waals surface area contributed by atoms with Crippen LogP contribution in [0.15, 0.2) is 60.7 Å². The zero-order valence-corrected chi connectivity index (χ0v) is 16.1. The smallest absolute Gasteiger partial charge is 0.338 e. The van der Waals surface area contributed by atoms with E-state index in [0.717, 1.165) is 22.2 Å². The van der Waals surface area contributed by atoms with Gasteiger partial charge in [0.05, 0.1) is 28.0 Å². The molecule has 29 heavy (non-hydrogen) atoms. The summed E-state index contributed by atoms with van der Waals surface area (Å²) in [5.74, 6) is -0.985. The number of carbonyl (C=O) groups is 2. The minimum absolute atomic E-state index is 0.327. The fraction of sp³-hybridized carbons (Fsp3) is 0.130. The fourth-order valence-corrected chi connectivity index (χ4v) is 3.04. The lowest BCUT2D eigenvalue weighted by Crippen LogP contribution is -2.20. The van der Waals surface area contributed by atoms with E-state index in [9.17, 15) is 9.59 Å². The highest BCUT2D eigenvalue weighted by Gasteiger charge is 2.12. The number of ether oxygens (including phenoxy) is 1. The molecular weight excluding hydrogens is 366 g/mol. The number of nitrogens with zero attached hydrogens (tertiary/aromatic N) is 2. The number of nitrogens with one attached hydrogen (secondary N) is 1. The van der Waals surface area contributed by atoms with Crippen LogP contribution in [0.3, 0.4) is 0 Å². The van der Waals surface area contributed by atoms with E-state index in [1.165, 1.54) is 0 Å². The van der Waals surface area contributed by atoms with Crippen molar-refractivity contribution < 1.29 is 14.3 Å². The lowest BCUT2D eigenvalue weighted by atomic mass is 10.1. The van der Waals surface area contributed by atoms with Crippen molar-refractivity contribution in [1.82, 2.24) is 9.97 Å². The van der Waals surface area contributed by atoms with Crippen LogP contribution in [0.5, 0.6) is 0 Å². The molecule has 0 atom stereocenters. The van der Waals surface area contributed by atoms with E-state index in [1.54, 1.807) is 18.2 Å². The Balaban J connectivity index is 1.41. The first kappa shape index (κ1) is 18.6. The number of benzene rings is 3. The van der Waals surface area contributed by atoms with E-state index in [2.05, 4.69) is 15.3 Å². The van der Waals surface area contributed by atoms with Crippen LogP contribution in [0, 0.1) is 13.8 Å². The number of carbonyl (C=O) groups excluding carboxylic acids is 2. The van der Waals surface area contributed by atoms with Crippen molar-refractivity contribution >= 4 is 39.4 Å². The number of amides is 1. The Kier molecular flexibility index (Phi) is 4.91. The molecule has 144 valence electrons. The van der Waals surface area contributed by atoms with Crippen LogP contribution >= 0.6 is 0 Å². The molecule has 1 amide bonds. The van der Waals surface area contributed by atoms with E-state index < -0.39 is 11.9 Å². The molecule has 1 aromatic heterocycles. The van der Waals surface area contributed by atoms with Gasteiger partial charge in [-0.25, -0.2) is 14.8 Å². The summed E-state index contributed by atoms with van der Waals surface area (Å²) in [6.45, 7) is 3.38. The van der Waals surface area contributed by atoms with Gasteiger partial charge in [0.15, 0.2) is 6.61 Å². The van der Waals surface area contributed by atoms with Gasteiger partial charge in [-0.2, -0.15) is 0 Å². The van der Waals surface area contributed by atoms with Gasteiger partial charge in [-0.15, -0.1) is 0 Å². The summed E-state index contributed by atoms with van der Waals surface area (Å²) in [7, 11) is 0. The van der Waals surface area contributed by atoms with Gasteiger partial charge in [0.2, 0.25) is 0 Å². The third-order valence-electron chi connectivity index (χ3n) is 4.68. The first-order valence-electron chi connectivity index (χ1n) is 9.20. The monoisotopic (exact) mass is 385 g/mol. The van der Waals surface area contributed by atoms with E-state index in [4.69, 9.17) is 4.74 Å². The molecule has 3 aromatic carbocycles. The summed E-state index contributed by atoms with van der Waals surface area (Å²) in [5.41, 5.74) is 3.95. The SMILES string of the molecule is Cc1nc2ccc(C(=O)OCC(=O)Nc3ccc4ccccc4c3)cc2nc1C. The Morgan fingerprint density at radius 1 is 0.862 bits per heavy atom. The average Bonchev–Trinajstić information content (AvgIpc) is 2.72. The topological polar surface area (TPSA) is 81.2 Å². The molecule has 0 bridgehead atoms. The number of hydrogen-bond donors (Lipinski definition) is 1. The molecule has 0 saturated heterocycles. The third kappa shape index (κ3) is 4.06. The summed E-state index contributed by atoms with van der Waals surface area (Å²) in [5, 5.41) is 4.85. The Hall–Kier alpha value is -3.80. The highest BCUT2D eigenvalue weighted by atomic mass is 16.5. The molecule has 0 fully saturated rings. The molecule has 0 radical (unpaired) electrons. The maximum absolute atomic E-state index is 12.3. The molecule has 0 aliphatic carbocycles. The lowest BCUT2D eigenvalue weighted by Gasteiger charge is -2.08. The van der Waals surface area contributed by atoms with Gasteiger partial charge in [0, 0.05) is 5.69 Å². The molecule has 0 unspecified atom stereocenters. The summed E-state index contributed by atoms with van der Waals surface area (Å²) in [4.78, 5) is 33.4. The standard InChI is InChI=1S/C23H19N3O3/c1-14-15(2)25-21-12-18(8-10-20(21)24-14)23(28)29-13-22(27)26-19-9-7-16-5-3-4-6-17(16)11-19/h3-12H,13H2,1-2H3,(H,26,27). The molecule has 0 spiro atoms. The van der Waals surface area contributed by atoms with Crippen molar-refractivity contribution in [3.05, 3.63) is 77.6 Å². The van der Waals surface area contributed by atoms with Crippen LogP contribution in [0.4, 0.5) is 5.69 Å². The van der Waals surface area contributed by atoms with E-state index in [0.29, 0.717) is 22.3 Å². The van der Waals surface area contributed by atoms with Gasteiger partial charge in [-0.3, -0.25) is 4.79 Å². The predicted octanol–water partition coefficient (Wildman–Crippen LogP) is 4.20. The Labute approximate surface area is 167 Å². The molecular formula is C23H19N3O3. The van der Waals surface area contributed by atoms with Crippen molar-refractivity contribution in [2.24, 2.45) is 0 Å². The maximum atomic E-state index is 12.3. The number of aromatic nitrogens is 2. The van der Waals surface area contributed by atoms with E-state index in [-0.39, 0.29) is 6.61 Å². The molecule has 0 saturated carbocycles. The Morgan fingerprint density at radius 3 is 2.38 bits per heavy atom. The number of fused-ring (bicyclic) bond motifs is 2. The van der Waals surface area contributed by atoms with Crippen LogP contribution in [0.2, 0.25) is 0 Å². The molecule has 4 rings (SSSR count). The normalized spacial score (nSPS) is 10.8. The first-order chi connectivity index (χ1) is 14.0. The number of hydrogen-bond acceptors (Lipinski definition) is 5. The number of esters is 1. The first-order valence-corrected chi connectivity index (χ1v) is 9.20. The van der Waals surface area contributed by atoms with Gasteiger partial charge in [-0.1, -0.05) is 30.3 Å². The van der Waals surface area contributed by atoms with Gasteiger partial charge in [0.25, 0.3) is 5.91 Å². The van der Waals surface area contributed by atoms with Crippen LogP contribution in [0.25, 0.3) is 21.8 Å². The zero-order valence-electron chi connectivity index (χ0n) is 16.1. The van der Waals surface area contributed by atoms with Gasteiger partial charge >= 0.3 is 5.97 Å². The summed E-state index contributed by atoms with van der Waals surface area (Å²) in [6, 6.07) is 18.4. The average molecular weight is 385 g/mol. The Morgan fingerprint density at radius 2 is 1.59 bits per heavy atom. The fourth-order valence-electron chi connectivity index (χ4n) is 3.04. The van der Waals surface area contributed by atoms with Crippen molar-refractivity contribution in [3.8, 4) is 0 Å². The van der Waals surface area contributed by atoms with Crippen molar-refractivity contribution in [1.29, 1.82) is 0 Å². The van der Waals surface area contributed by atoms with Crippen LogP contribution in [0.1, 0.15) is 21.7 Å². The van der Waals surface area contributed by atoms with Gasteiger partial charge in [-0.05, 0) is 55.0 Å². The molecule has 6 nitrogen and oxygen atoms in total. The van der Waals surface area contributed by atoms with Crippen molar-refractivity contribution in [2.75, 3.05) is 11.9 Å². The quantitative estimate of drug-likeness (QED) is 0.533. The molecule has 1 heterocycles. The van der Waals surface area contributed by atoms with Crippen LogP contribution in [-0.4, -0.2) is 28.5 Å². The van der Waals surface area contributed by atoms with Gasteiger partial charge in [0.1, 0.15) is 0 Å². The molecule has 4 aromatic rings. The Bertz CT molecular complexity index is 1250. The third-order valence-corrected chi connectivity index (χ3v) is 4.68. The van der Waals surface area contributed by atoms with Crippen LogP contribution in [-0.2, 0) is 9.53 Å². The second-order valence-corrected chi connectivity index (χ2v) is 6.78. The minimum Gasteiger partial charge on any atom is -0.452 e. The second-order valence-electron chi connectivity index (χ2n) is 6.78. The molecule has 0 aliphatic heterocycles. The summed E-state index contributed by atoms with van der Waals surface area (Å²) < 4.78 is 5.15. The van der Waals surface area contributed by atoms with Crippen molar-refractivity contribution in [3.63, 3.8) is 0 Å². The number of anilines is 1. The summed E-state index contributed by atoms with van der Waals surface area (Å²) in [6.07, 6.45) is 0. The minimum atomic E-state index is -0.583. The van der Waals surface area contributed by atoms with Gasteiger partial charge < -0.3 is 10.1 Å². The molecule has 6 heteroatoms. The number of aryl methyl sites for hydroxylation is 2. The van der Waals surface area contributed by atoms with E-state index in [1.807, 2.05) is 56.3 Å². The summed E-state index contributed by atoms with van der Waals surface area (Å²) >= 11 is 0. The second kappa shape index (κ2) is 7.67. The predicted molar refractivity (Wildman–Crippen MR) is 112 cm³/mol. The highest BCUT2D eigenvalue weighted by Crippen LogP contribution is 2.19. The molecule has 0 aliphatic rings.